The fraction of sp³-hybridized carbons (Fsp3) is 1.00. The third-order valence-electron chi connectivity index (χ3n) is 4.63. The molecule has 0 aromatic carbocycles. The lowest BCUT2D eigenvalue weighted by molar-refractivity contribution is 0.0744. The van der Waals surface area contributed by atoms with Crippen molar-refractivity contribution in [2.75, 3.05) is 32.7 Å². The SMILES string of the molecule is CC(C)NCC(C)N1CCN(C2CCCC2)CC1. The van der Waals surface area contributed by atoms with Gasteiger partial charge in [0.05, 0.1) is 0 Å². The van der Waals surface area contributed by atoms with Gasteiger partial charge >= 0.3 is 0 Å². The highest BCUT2D eigenvalue weighted by molar-refractivity contribution is 4.84. The molecule has 2 fully saturated rings. The van der Waals surface area contributed by atoms with E-state index in [1.807, 2.05) is 0 Å². The Bertz CT molecular complexity index is 228. The van der Waals surface area contributed by atoms with Crippen LogP contribution < -0.4 is 5.32 Å². The van der Waals surface area contributed by atoms with Crippen LogP contribution in [0.15, 0.2) is 0 Å². The summed E-state index contributed by atoms with van der Waals surface area (Å²) in [6.45, 7) is 13.0. The van der Waals surface area contributed by atoms with Crippen molar-refractivity contribution < 1.29 is 0 Å². The molecule has 1 saturated carbocycles. The van der Waals surface area contributed by atoms with Crippen LogP contribution in [0.1, 0.15) is 46.5 Å². The number of hydrogen-bond donors (Lipinski definition) is 1. The highest BCUT2D eigenvalue weighted by atomic mass is 15.3. The molecule has 0 aromatic heterocycles. The first-order valence-corrected chi connectivity index (χ1v) is 7.88. The normalized spacial score (nSPS) is 26.0. The van der Waals surface area contributed by atoms with Crippen molar-refractivity contribution in [1.82, 2.24) is 15.1 Å². The third-order valence-corrected chi connectivity index (χ3v) is 4.63. The van der Waals surface area contributed by atoms with Gasteiger partial charge in [0.2, 0.25) is 0 Å². The summed E-state index contributed by atoms with van der Waals surface area (Å²) in [5.41, 5.74) is 0. The molecule has 3 heteroatoms. The molecule has 0 spiro atoms. The molecular weight excluding hydrogens is 222 g/mol. The van der Waals surface area contributed by atoms with Crippen LogP contribution in [0, 0.1) is 0 Å². The maximum atomic E-state index is 3.55. The maximum Gasteiger partial charge on any atom is 0.0193 e. The van der Waals surface area contributed by atoms with Gasteiger partial charge < -0.3 is 5.32 Å². The Morgan fingerprint density at radius 2 is 1.61 bits per heavy atom. The second-order valence-corrected chi connectivity index (χ2v) is 6.42. The Morgan fingerprint density at radius 3 is 2.17 bits per heavy atom. The molecule has 2 aliphatic rings. The summed E-state index contributed by atoms with van der Waals surface area (Å²) < 4.78 is 0. The number of nitrogens with one attached hydrogen (secondary N) is 1. The van der Waals surface area contributed by atoms with Crippen molar-refractivity contribution in [1.29, 1.82) is 0 Å². The van der Waals surface area contributed by atoms with E-state index < -0.39 is 0 Å². The largest absolute Gasteiger partial charge is 0.313 e. The fourth-order valence-corrected chi connectivity index (χ4v) is 3.35. The average Bonchev–Trinajstić information content (AvgIpc) is 2.90. The Morgan fingerprint density at radius 1 is 1.00 bits per heavy atom. The molecule has 1 atom stereocenters. The predicted molar refractivity (Wildman–Crippen MR) is 78.0 cm³/mol. The van der Waals surface area contributed by atoms with Gasteiger partial charge in [-0.2, -0.15) is 0 Å². The van der Waals surface area contributed by atoms with E-state index in [0.29, 0.717) is 12.1 Å². The summed E-state index contributed by atoms with van der Waals surface area (Å²) in [7, 11) is 0. The number of nitrogens with zero attached hydrogens (tertiary/aromatic N) is 2. The van der Waals surface area contributed by atoms with E-state index in [1.54, 1.807) is 0 Å². The second-order valence-electron chi connectivity index (χ2n) is 6.42. The zero-order chi connectivity index (χ0) is 13.0. The van der Waals surface area contributed by atoms with E-state index in [2.05, 4.69) is 35.9 Å². The summed E-state index contributed by atoms with van der Waals surface area (Å²) in [6.07, 6.45) is 5.81. The van der Waals surface area contributed by atoms with Gasteiger partial charge in [-0.05, 0) is 19.8 Å². The Balaban J connectivity index is 1.68. The number of hydrogen-bond acceptors (Lipinski definition) is 3. The zero-order valence-electron chi connectivity index (χ0n) is 12.5. The molecule has 18 heavy (non-hydrogen) atoms. The van der Waals surface area contributed by atoms with Crippen LogP contribution in [0.3, 0.4) is 0 Å². The number of piperazine rings is 1. The minimum Gasteiger partial charge on any atom is -0.313 e. The van der Waals surface area contributed by atoms with Gasteiger partial charge in [0, 0.05) is 50.8 Å². The smallest absolute Gasteiger partial charge is 0.0193 e. The summed E-state index contributed by atoms with van der Waals surface area (Å²) in [6, 6.07) is 2.20. The monoisotopic (exact) mass is 253 g/mol. The first kappa shape index (κ1) is 14.3. The summed E-state index contributed by atoms with van der Waals surface area (Å²) in [5, 5.41) is 3.55. The quantitative estimate of drug-likeness (QED) is 0.808. The van der Waals surface area contributed by atoms with E-state index >= 15 is 0 Å². The van der Waals surface area contributed by atoms with E-state index in [-0.39, 0.29) is 0 Å². The Hall–Kier alpha value is -0.120. The first-order valence-electron chi connectivity index (χ1n) is 7.88. The molecule has 1 unspecified atom stereocenters. The minimum atomic E-state index is 0.604. The van der Waals surface area contributed by atoms with E-state index in [1.165, 1.54) is 51.9 Å². The molecule has 1 heterocycles. The van der Waals surface area contributed by atoms with Crippen LogP contribution in [0.2, 0.25) is 0 Å². The van der Waals surface area contributed by atoms with Crippen molar-refractivity contribution in [2.45, 2.75) is 64.6 Å². The zero-order valence-corrected chi connectivity index (χ0v) is 12.5. The lowest BCUT2D eigenvalue weighted by Crippen LogP contribution is -2.54. The van der Waals surface area contributed by atoms with E-state index in [4.69, 9.17) is 0 Å². The van der Waals surface area contributed by atoms with E-state index in [9.17, 15) is 0 Å². The highest BCUT2D eigenvalue weighted by Crippen LogP contribution is 2.24. The Labute approximate surface area is 113 Å². The minimum absolute atomic E-state index is 0.604. The summed E-state index contributed by atoms with van der Waals surface area (Å²) in [5.74, 6) is 0. The average molecular weight is 253 g/mol. The standard InChI is InChI=1S/C15H31N3/c1-13(2)16-12-14(3)17-8-10-18(11-9-17)15-6-4-5-7-15/h13-16H,4-12H2,1-3H3. The topological polar surface area (TPSA) is 18.5 Å². The molecule has 0 aromatic rings. The number of rotatable bonds is 5. The fourth-order valence-electron chi connectivity index (χ4n) is 3.35. The van der Waals surface area contributed by atoms with Crippen molar-refractivity contribution >= 4 is 0 Å². The first-order chi connectivity index (χ1) is 8.66. The van der Waals surface area contributed by atoms with Crippen molar-refractivity contribution in [3.8, 4) is 0 Å². The molecule has 106 valence electrons. The molecule has 3 nitrogen and oxygen atoms in total. The maximum absolute atomic E-state index is 3.55. The van der Waals surface area contributed by atoms with Crippen LogP contribution >= 0.6 is 0 Å². The van der Waals surface area contributed by atoms with Crippen LogP contribution in [-0.2, 0) is 0 Å². The molecule has 1 N–H and O–H groups in total. The molecular formula is C15H31N3. The van der Waals surface area contributed by atoms with Gasteiger partial charge in [-0.3, -0.25) is 9.80 Å². The predicted octanol–water partition coefficient (Wildman–Crippen LogP) is 1.93. The molecule has 0 amide bonds. The molecule has 1 saturated heterocycles. The summed E-state index contributed by atoms with van der Waals surface area (Å²) in [4.78, 5) is 5.40. The van der Waals surface area contributed by atoms with Crippen LogP contribution in [0.4, 0.5) is 0 Å². The van der Waals surface area contributed by atoms with Gasteiger partial charge in [-0.15, -0.1) is 0 Å². The molecule has 1 aliphatic carbocycles. The third kappa shape index (κ3) is 3.94. The van der Waals surface area contributed by atoms with Gasteiger partial charge in [0.15, 0.2) is 0 Å². The molecule has 1 aliphatic heterocycles. The molecule has 0 bridgehead atoms. The van der Waals surface area contributed by atoms with Crippen molar-refractivity contribution in [2.24, 2.45) is 0 Å². The van der Waals surface area contributed by atoms with Crippen LogP contribution in [-0.4, -0.2) is 60.6 Å². The highest BCUT2D eigenvalue weighted by Gasteiger charge is 2.27. The van der Waals surface area contributed by atoms with Crippen LogP contribution in [0.5, 0.6) is 0 Å². The molecule has 0 radical (unpaired) electrons. The lowest BCUT2D eigenvalue weighted by Gasteiger charge is -2.40. The molecule has 2 rings (SSSR count). The van der Waals surface area contributed by atoms with Gasteiger partial charge in [-0.1, -0.05) is 26.7 Å². The van der Waals surface area contributed by atoms with E-state index in [0.717, 1.165) is 12.6 Å². The summed E-state index contributed by atoms with van der Waals surface area (Å²) >= 11 is 0. The van der Waals surface area contributed by atoms with Gasteiger partial charge in [0.1, 0.15) is 0 Å². The Kier molecular flexibility index (Phi) is 5.46. The van der Waals surface area contributed by atoms with Gasteiger partial charge in [0.25, 0.3) is 0 Å². The van der Waals surface area contributed by atoms with Crippen molar-refractivity contribution in [3.05, 3.63) is 0 Å². The second kappa shape index (κ2) is 6.88. The lowest BCUT2D eigenvalue weighted by atomic mass is 10.1. The van der Waals surface area contributed by atoms with Crippen molar-refractivity contribution in [3.63, 3.8) is 0 Å². The van der Waals surface area contributed by atoms with Gasteiger partial charge in [-0.25, -0.2) is 0 Å². The van der Waals surface area contributed by atoms with Crippen LogP contribution in [0.25, 0.3) is 0 Å².